The molecule has 0 radical (unpaired) electrons. The first kappa shape index (κ1) is 36.5. The second kappa shape index (κ2) is 12.1. The summed E-state index contributed by atoms with van der Waals surface area (Å²) in [7, 11) is 1.60. The van der Waals surface area contributed by atoms with Crippen LogP contribution in [0.5, 0.6) is 0 Å². The van der Waals surface area contributed by atoms with Crippen molar-refractivity contribution in [1.29, 1.82) is 0 Å². The third kappa shape index (κ3) is 5.39. The summed E-state index contributed by atoms with van der Waals surface area (Å²) in [5.74, 6) is 2.31. The highest BCUT2D eigenvalue weighted by Crippen LogP contribution is 2.89. The summed E-state index contributed by atoms with van der Waals surface area (Å²) < 4.78 is 31.5. The van der Waals surface area contributed by atoms with Crippen molar-refractivity contribution in [3.05, 3.63) is 12.2 Å². The number of alkyl carbamates (subject to hydrolysis) is 1. The molecule has 0 aromatic carbocycles. The molecule has 6 unspecified atom stereocenters. The highest BCUT2D eigenvalue weighted by molar-refractivity contribution is 5.68. The minimum absolute atomic E-state index is 0.0166. The average Bonchev–Trinajstić information content (AvgIpc) is 3.63. The highest BCUT2D eigenvalue weighted by atomic mass is 16.7. The van der Waals surface area contributed by atoms with Gasteiger partial charge in [-0.1, -0.05) is 41.2 Å². The lowest BCUT2D eigenvalue weighted by atomic mass is 9.41. The number of carbonyl (C=O) groups is 2. The van der Waals surface area contributed by atoms with Crippen LogP contribution in [-0.4, -0.2) is 80.1 Å². The molecule has 2 heterocycles. The molecule has 2 amide bonds. The molecule has 50 heavy (non-hydrogen) atoms. The van der Waals surface area contributed by atoms with E-state index in [0.29, 0.717) is 54.2 Å². The van der Waals surface area contributed by atoms with Crippen LogP contribution in [0.3, 0.4) is 0 Å². The summed E-state index contributed by atoms with van der Waals surface area (Å²) in [5, 5.41) is 2.61. The molecule has 5 aliphatic carbocycles. The monoisotopic (exact) mass is 698 g/mol. The Morgan fingerprint density at radius 2 is 1.70 bits per heavy atom. The van der Waals surface area contributed by atoms with Gasteiger partial charge >= 0.3 is 12.2 Å². The summed E-state index contributed by atoms with van der Waals surface area (Å²) in [6, 6.07) is 0. The van der Waals surface area contributed by atoms with E-state index in [1.54, 1.807) is 11.9 Å². The number of amides is 2. The lowest BCUT2D eigenvalue weighted by Gasteiger charge is -2.63. The molecule has 13 atom stereocenters. The van der Waals surface area contributed by atoms with Crippen LogP contribution in [0.2, 0.25) is 0 Å². The molecule has 7 fully saturated rings. The van der Waals surface area contributed by atoms with Crippen molar-refractivity contribution in [3.63, 3.8) is 0 Å². The molecular weight excluding hydrogens is 632 g/mol. The van der Waals surface area contributed by atoms with Gasteiger partial charge in [0.2, 0.25) is 0 Å². The molecule has 1 N–H and O–H groups in total. The van der Waals surface area contributed by atoms with Crippen LogP contribution < -0.4 is 5.32 Å². The molecule has 2 aliphatic heterocycles. The molecule has 7 aliphatic rings. The summed E-state index contributed by atoms with van der Waals surface area (Å²) in [6.45, 7) is 25.8. The molecule has 2 spiro atoms. The Morgan fingerprint density at radius 3 is 2.38 bits per heavy atom. The molecule has 9 nitrogen and oxygen atoms in total. The molecule has 9 heteroatoms. The second-order valence-electron chi connectivity index (χ2n) is 19.8. The second-order valence-corrected chi connectivity index (χ2v) is 19.8. The van der Waals surface area contributed by atoms with Crippen molar-refractivity contribution < 1.29 is 33.3 Å². The Kier molecular flexibility index (Phi) is 8.83. The van der Waals surface area contributed by atoms with Gasteiger partial charge in [-0.15, -0.1) is 0 Å². The number of carbonyl (C=O) groups excluding carboxylic acids is 2. The van der Waals surface area contributed by atoms with Crippen LogP contribution >= 0.6 is 0 Å². The van der Waals surface area contributed by atoms with E-state index in [1.807, 2.05) is 27.7 Å². The van der Waals surface area contributed by atoms with Gasteiger partial charge in [0.25, 0.3) is 0 Å². The molecule has 2 saturated heterocycles. The molecule has 282 valence electrons. The number of morpholine rings is 1. The van der Waals surface area contributed by atoms with Gasteiger partial charge in [-0.3, -0.25) is 0 Å². The fraction of sp³-hybridized carbons (Fsp3) is 0.902. The van der Waals surface area contributed by atoms with Gasteiger partial charge < -0.3 is 33.9 Å². The van der Waals surface area contributed by atoms with Crippen molar-refractivity contribution in [3.8, 4) is 0 Å². The Labute approximate surface area is 301 Å². The largest absolute Gasteiger partial charge is 0.444 e. The van der Waals surface area contributed by atoms with Crippen LogP contribution in [0.25, 0.3) is 0 Å². The van der Waals surface area contributed by atoms with Crippen LogP contribution in [-0.2, 0) is 23.7 Å². The van der Waals surface area contributed by atoms with Crippen LogP contribution in [0.4, 0.5) is 9.59 Å². The van der Waals surface area contributed by atoms with E-state index in [-0.39, 0.29) is 40.7 Å². The van der Waals surface area contributed by atoms with E-state index in [9.17, 15) is 9.59 Å². The van der Waals surface area contributed by atoms with Crippen LogP contribution in [0.15, 0.2) is 12.2 Å². The fourth-order valence-electron chi connectivity index (χ4n) is 13.8. The Balaban J connectivity index is 1.07. The first-order chi connectivity index (χ1) is 23.3. The van der Waals surface area contributed by atoms with E-state index in [2.05, 4.69) is 46.5 Å². The van der Waals surface area contributed by atoms with E-state index in [4.69, 9.17) is 23.7 Å². The summed E-state index contributed by atoms with van der Waals surface area (Å²) in [5.41, 5.74) is 1.54. The smallest absolute Gasteiger partial charge is 0.410 e. The van der Waals surface area contributed by atoms with E-state index >= 15 is 0 Å². The summed E-state index contributed by atoms with van der Waals surface area (Å²) in [6.07, 6.45) is 9.23. The molecule has 0 aromatic rings. The Hall–Kier alpha value is -1.84. The van der Waals surface area contributed by atoms with Gasteiger partial charge in [0.15, 0.2) is 12.4 Å². The number of fused-ring (bicyclic) bond motifs is 4. The normalized spacial score (nSPS) is 46.6. The molecular formula is C41H66N2O7. The Bertz CT molecular complexity index is 1380. The van der Waals surface area contributed by atoms with Gasteiger partial charge in [0.1, 0.15) is 5.60 Å². The zero-order valence-electron chi connectivity index (χ0n) is 32.7. The van der Waals surface area contributed by atoms with Crippen molar-refractivity contribution in [2.45, 2.75) is 156 Å². The maximum Gasteiger partial charge on any atom is 0.410 e. The topological polar surface area (TPSA) is 95.6 Å². The third-order valence-corrected chi connectivity index (χ3v) is 15.9. The number of nitrogens with zero attached hydrogens (tertiary/aromatic N) is 1. The van der Waals surface area contributed by atoms with Gasteiger partial charge in [-0.25, -0.2) is 9.59 Å². The fourth-order valence-corrected chi connectivity index (χ4v) is 13.8. The SMILES string of the molecule is C=C(C)[C@@H](OC(=O)NC)C1C[C@@H](C)[C@H]2C(C[C@@]3(C)C4CC[C@H]5C(C)(C)[C@@H](OC6CN(C(=O)OC(C)(C)C)CCO6)CCC56C[C@@]46CCC23C)O1. The quantitative estimate of drug-likeness (QED) is 0.290. The van der Waals surface area contributed by atoms with Gasteiger partial charge in [0.05, 0.1) is 31.5 Å². The minimum atomic E-state index is -0.529. The van der Waals surface area contributed by atoms with Crippen molar-refractivity contribution in [2.75, 3.05) is 26.7 Å². The van der Waals surface area contributed by atoms with Crippen molar-refractivity contribution in [1.82, 2.24) is 10.2 Å². The average molecular weight is 699 g/mol. The number of ether oxygens (including phenoxy) is 5. The Morgan fingerprint density at radius 1 is 1.00 bits per heavy atom. The number of hydrogen-bond acceptors (Lipinski definition) is 7. The zero-order chi connectivity index (χ0) is 36.2. The number of nitrogens with one attached hydrogen (secondary N) is 1. The predicted molar refractivity (Wildman–Crippen MR) is 191 cm³/mol. The van der Waals surface area contributed by atoms with Gasteiger partial charge in [-0.2, -0.15) is 0 Å². The van der Waals surface area contributed by atoms with Crippen molar-refractivity contribution >= 4 is 12.2 Å². The maximum atomic E-state index is 12.9. The molecule has 7 rings (SSSR count). The van der Waals surface area contributed by atoms with Crippen LogP contribution in [0, 0.1) is 50.7 Å². The van der Waals surface area contributed by atoms with Gasteiger partial charge in [0, 0.05) is 13.6 Å². The predicted octanol–water partition coefficient (Wildman–Crippen LogP) is 8.11. The van der Waals surface area contributed by atoms with Crippen LogP contribution in [0.1, 0.15) is 120 Å². The standard InChI is InChI=1S/C41H66N2O7/c1-24(2)33(49-34(44)42-11)26-20-25(3)32-27(47-26)21-39(10)29-13-12-28-37(7,8)30(14-15-40(28)23-41(29,40)17-16-38(32,39)9)48-31-22-43(18-19-46-31)35(45)50-36(4,5)6/h25-33H,1,12-23H2,2-11H3,(H,42,44)/t25-,26?,27?,28+,29?,30+,31?,32+,33-,38?,39+,40?,41+/m1/s1. The third-order valence-electron chi connectivity index (χ3n) is 15.9. The van der Waals surface area contributed by atoms with E-state index in [0.717, 1.165) is 24.8 Å². The van der Waals surface area contributed by atoms with E-state index < -0.39 is 24.1 Å². The first-order valence-electron chi connectivity index (χ1n) is 19.8. The molecule has 0 aromatic heterocycles. The lowest BCUT2D eigenvalue weighted by Crippen LogP contribution is -2.59. The first-order valence-corrected chi connectivity index (χ1v) is 19.8. The van der Waals surface area contributed by atoms with Gasteiger partial charge in [-0.05, 0) is 142 Å². The summed E-state index contributed by atoms with van der Waals surface area (Å²) >= 11 is 0. The lowest BCUT2D eigenvalue weighted by molar-refractivity contribution is -0.245. The van der Waals surface area contributed by atoms with Crippen molar-refractivity contribution in [2.24, 2.45) is 50.7 Å². The molecule has 0 bridgehead atoms. The number of rotatable bonds is 5. The molecule has 5 saturated carbocycles. The summed E-state index contributed by atoms with van der Waals surface area (Å²) in [4.78, 5) is 26.9. The number of hydrogen-bond donors (Lipinski definition) is 1. The maximum absolute atomic E-state index is 12.9. The zero-order valence-corrected chi connectivity index (χ0v) is 32.7. The minimum Gasteiger partial charge on any atom is -0.444 e. The van der Waals surface area contributed by atoms with E-state index in [1.165, 1.54) is 38.5 Å². The highest BCUT2D eigenvalue weighted by Gasteiger charge is 2.83.